The lowest BCUT2D eigenvalue weighted by Gasteiger charge is -2.30. The fourth-order valence-corrected chi connectivity index (χ4v) is 2.50. The Kier molecular flexibility index (Phi) is 3.51. The Morgan fingerprint density at radius 3 is 2.83 bits per heavy atom. The molecule has 0 spiro atoms. The normalized spacial score (nSPS) is 20.9. The molecular weight excluding hydrogens is 234 g/mol. The predicted molar refractivity (Wildman–Crippen MR) is 68.7 cm³/mol. The van der Waals surface area contributed by atoms with Crippen molar-refractivity contribution < 1.29 is 4.92 Å². The Hall–Kier alpha value is -1.63. The van der Waals surface area contributed by atoms with Crippen LogP contribution in [0.1, 0.15) is 18.5 Å². The number of piperidine rings is 1. The maximum absolute atomic E-state index is 11.1. The van der Waals surface area contributed by atoms with Crippen LogP contribution in [0.5, 0.6) is 0 Å². The second kappa shape index (κ2) is 4.93. The van der Waals surface area contributed by atoms with Crippen molar-refractivity contribution in [3.05, 3.63) is 15.8 Å². The molecule has 1 unspecified atom stereocenters. The summed E-state index contributed by atoms with van der Waals surface area (Å²) in [6.45, 7) is 3.66. The summed E-state index contributed by atoms with van der Waals surface area (Å²) in [5, 5.41) is 18.4. The Labute approximate surface area is 106 Å². The molecule has 0 radical (unpaired) electrons. The molecule has 100 valence electrons. The Morgan fingerprint density at radius 1 is 1.50 bits per heavy atom. The molecule has 1 atom stereocenters. The molecule has 0 bridgehead atoms. The zero-order valence-corrected chi connectivity index (χ0v) is 11.0. The third-order valence-electron chi connectivity index (χ3n) is 3.34. The number of aromatic nitrogens is 2. The van der Waals surface area contributed by atoms with Gasteiger partial charge in [-0.05, 0) is 33.4 Å². The van der Waals surface area contributed by atoms with Gasteiger partial charge in [0, 0.05) is 19.6 Å². The number of rotatable bonds is 3. The molecule has 1 saturated heterocycles. The van der Waals surface area contributed by atoms with Gasteiger partial charge < -0.3 is 10.2 Å². The van der Waals surface area contributed by atoms with Crippen molar-refractivity contribution in [2.24, 2.45) is 7.05 Å². The van der Waals surface area contributed by atoms with Crippen LogP contribution in [0.15, 0.2) is 0 Å². The second-order valence-electron chi connectivity index (χ2n) is 4.91. The van der Waals surface area contributed by atoms with Crippen LogP contribution >= 0.6 is 0 Å². The molecule has 7 heteroatoms. The van der Waals surface area contributed by atoms with Crippen molar-refractivity contribution in [3.8, 4) is 0 Å². The molecule has 1 aliphatic heterocycles. The molecule has 2 heterocycles. The van der Waals surface area contributed by atoms with Gasteiger partial charge in [0.15, 0.2) is 0 Å². The van der Waals surface area contributed by atoms with E-state index >= 15 is 0 Å². The number of nitro groups is 1. The molecule has 1 aliphatic rings. The highest BCUT2D eigenvalue weighted by Crippen LogP contribution is 2.28. The number of hydrogen-bond donors (Lipinski definition) is 1. The van der Waals surface area contributed by atoms with E-state index in [9.17, 15) is 10.1 Å². The van der Waals surface area contributed by atoms with Gasteiger partial charge in [-0.25, -0.2) is 4.68 Å². The van der Waals surface area contributed by atoms with E-state index in [1.54, 1.807) is 18.7 Å². The van der Waals surface area contributed by atoms with Gasteiger partial charge in [-0.3, -0.25) is 10.1 Å². The molecule has 7 nitrogen and oxygen atoms in total. The molecule has 1 fully saturated rings. The topological polar surface area (TPSA) is 76.2 Å². The third-order valence-corrected chi connectivity index (χ3v) is 3.34. The number of nitrogens with zero attached hydrogens (tertiary/aromatic N) is 4. The van der Waals surface area contributed by atoms with E-state index in [4.69, 9.17) is 0 Å². The molecule has 0 amide bonds. The largest absolute Gasteiger partial charge is 0.361 e. The number of likely N-dealkylation sites (N-methyl/N-ethyl adjacent to an activating group) is 1. The minimum Gasteiger partial charge on any atom is -0.361 e. The van der Waals surface area contributed by atoms with Crippen molar-refractivity contribution in [2.45, 2.75) is 25.8 Å². The molecule has 2 rings (SSSR count). The van der Waals surface area contributed by atoms with E-state index in [0.717, 1.165) is 25.9 Å². The minimum absolute atomic E-state index is 0.0886. The summed E-state index contributed by atoms with van der Waals surface area (Å²) in [5.41, 5.74) is 0.542. The summed E-state index contributed by atoms with van der Waals surface area (Å²) in [5.74, 6) is 0.512. The average molecular weight is 253 g/mol. The molecule has 18 heavy (non-hydrogen) atoms. The molecular formula is C11H19N5O2. The Morgan fingerprint density at radius 2 is 2.22 bits per heavy atom. The molecule has 1 N–H and O–H groups in total. The summed E-state index contributed by atoms with van der Waals surface area (Å²) in [4.78, 5) is 12.9. The van der Waals surface area contributed by atoms with Gasteiger partial charge in [0.25, 0.3) is 0 Å². The molecule has 1 aromatic rings. The predicted octanol–water partition coefficient (Wildman–Crippen LogP) is 1.14. The molecule has 0 aliphatic carbocycles. The standard InChI is InChI=1S/C11H19N5O2/c1-8-10(16(17)18)11(15(3)13-8)12-9-5-4-6-14(2)7-9/h9,12H,4-7H2,1-3H3. The number of aryl methyl sites for hydroxylation is 2. The molecule has 0 saturated carbocycles. The maximum atomic E-state index is 11.1. The van der Waals surface area contributed by atoms with Gasteiger partial charge in [0.2, 0.25) is 5.82 Å². The third kappa shape index (κ3) is 2.45. The second-order valence-corrected chi connectivity index (χ2v) is 4.91. The van der Waals surface area contributed by atoms with E-state index in [0.29, 0.717) is 11.5 Å². The van der Waals surface area contributed by atoms with E-state index < -0.39 is 0 Å². The van der Waals surface area contributed by atoms with Crippen LogP contribution in [0.2, 0.25) is 0 Å². The monoisotopic (exact) mass is 253 g/mol. The van der Waals surface area contributed by atoms with Crippen LogP contribution in [-0.2, 0) is 7.05 Å². The van der Waals surface area contributed by atoms with Gasteiger partial charge in [0.1, 0.15) is 5.69 Å². The first kappa shape index (κ1) is 12.8. The smallest absolute Gasteiger partial charge is 0.333 e. The van der Waals surface area contributed by atoms with Gasteiger partial charge >= 0.3 is 5.69 Å². The van der Waals surface area contributed by atoms with E-state index in [1.165, 1.54) is 0 Å². The fourth-order valence-electron chi connectivity index (χ4n) is 2.50. The average Bonchev–Trinajstić information content (AvgIpc) is 2.53. The summed E-state index contributed by atoms with van der Waals surface area (Å²) < 4.78 is 1.56. The summed E-state index contributed by atoms with van der Waals surface area (Å²) in [6, 6.07) is 0.247. The van der Waals surface area contributed by atoms with Crippen LogP contribution < -0.4 is 5.32 Å². The van der Waals surface area contributed by atoms with Crippen LogP contribution in [-0.4, -0.2) is 45.8 Å². The number of anilines is 1. The molecule has 0 aromatic carbocycles. The summed E-state index contributed by atoms with van der Waals surface area (Å²) >= 11 is 0. The highest BCUT2D eigenvalue weighted by atomic mass is 16.6. The lowest BCUT2D eigenvalue weighted by molar-refractivity contribution is -0.384. The first-order valence-electron chi connectivity index (χ1n) is 6.12. The number of nitrogens with one attached hydrogen (secondary N) is 1. The first-order chi connectivity index (χ1) is 8.49. The minimum atomic E-state index is -0.364. The van der Waals surface area contributed by atoms with Crippen LogP contribution in [0, 0.1) is 17.0 Å². The maximum Gasteiger partial charge on any atom is 0.333 e. The first-order valence-corrected chi connectivity index (χ1v) is 6.12. The number of likely N-dealkylation sites (tertiary alicyclic amines) is 1. The SMILES string of the molecule is Cc1nn(C)c(NC2CCCN(C)C2)c1[N+](=O)[O-]. The fraction of sp³-hybridized carbons (Fsp3) is 0.727. The highest BCUT2D eigenvalue weighted by molar-refractivity contribution is 5.59. The van der Waals surface area contributed by atoms with E-state index in [-0.39, 0.29) is 16.7 Å². The lowest BCUT2D eigenvalue weighted by Crippen LogP contribution is -2.40. The highest BCUT2D eigenvalue weighted by Gasteiger charge is 2.27. The van der Waals surface area contributed by atoms with Gasteiger partial charge in [0.05, 0.1) is 4.92 Å². The van der Waals surface area contributed by atoms with Gasteiger partial charge in [-0.1, -0.05) is 0 Å². The zero-order chi connectivity index (χ0) is 13.3. The van der Waals surface area contributed by atoms with Crippen LogP contribution in [0.3, 0.4) is 0 Å². The lowest BCUT2D eigenvalue weighted by atomic mass is 10.1. The van der Waals surface area contributed by atoms with E-state index in [1.807, 2.05) is 0 Å². The van der Waals surface area contributed by atoms with Crippen molar-refractivity contribution in [2.75, 3.05) is 25.5 Å². The summed E-state index contributed by atoms with van der Waals surface area (Å²) in [6.07, 6.45) is 2.14. The van der Waals surface area contributed by atoms with Gasteiger partial charge in [-0.2, -0.15) is 5.10 Å². The van der Waals surface area contributed by atoms with Crippen LogP contribution in [0.4, 0.5) is 11.5 Å². The van der Waals surface area contributed by atoms with Crippen molar-refractivity contribution in [3.63, 3.8) is 0 Å². The number of hydrogen-bond acceptors (Lipinski definition) is 5. The van der Waals surface area contributed by atoms with Crippen LogP contribution in [0.25, 0.3) is 0 Å². The Bertz CT molecular complexity index is 457. The quantitative estimate of drug-likeness (QED) is 0.645. The van der Waals surface area contributed by atoms with Crippen molar-refractivity contribution in [1.82, 2.24) is 14.7 Å². The van der Waals surface area contributed by atoms with Crippen molar-refractivity contribution >= 4 is 11.5 Å². The Balaban J connectivity index is 2.20. The molecule has 1 aromatic heterocycles. The van der Waals surface area contributed by atoms with Crippen molar-refractivity contribution in [1.29, 1.82) is 0 Å². The summed E-state index contributed by atoms with van der Waals surface area (Å²) in [7, 11) is 3.80. The van der Waals surface area contributed by atoms with Gasteiger partial charge in [-0.15, -0.1) is 0 Å². The van der Waals surface area contributed by atoms with E-state index in [2.05, 4.69) is 22.4 Å². The zero-order valence-electron chi connectivity index (χ0n) is 11.0.